The van der Waals surface area contributed by atoms with Crippen LogP contribution in [0.15, 0.2) is 18.2 Å². The van der Waals surface area contributed by atoms with Crippen molar-refractivity contribution in [2.75, 3.05) is 16.8 Å². The first-order valence-corrected chi connectivity index (χ1v) is 5.35. The van der Waals surface area contributed by atoms with Crippen molar-refractivity contribution in [3.05, 3.63) is 23.2 Å². The van der Waals surface area contributed by atoms with Gasteiger partial charge in [0.05, 0.1) is 11.4 Å². The van der Waals surface area contributed by atoms with Crippen molar-refractivity contribution in [2.45, 2.75) is 19.5 Å². The molecule has 0 aliphatic carbocycles. The SMILES string of the molecule is CC1(C)Nc2cc(Cl)ccc2N1CC(=O)O. The normalized spacial score (nSPS) is 16.8. The highest BCUT2D eigenvalue weighted by atomic mass is 35.5. The van der Waals surface area contributed by atoms with Gasteiger partial charge in [-0.3, -0.25) is 4.79 Å². The number of carbonyl (C=O) groups is 1. The van der Waals surface area contributed by atoms with Gasteiger partial charge >= 0.3 is 5.97 Å². The number of carboxylic acids is 1. The van der Waals surface area contributed by atoms with E-state index in [0.717, 1.165) is 11.4 Å². The molecule has 0 saturated carbocycles. The van der Waals surface area contributed by atoms with E-state index in [4.69, 9.17) is 16.7 Å². The zero-order valence-electron chi connectivity index (χ0n) is 9.12. The van der Waals surface area contributed by atoms with Crippen LogP contribution in [0.25, 0.3) is 0 Å². The Balaban J connectivity index is 2.41. The lowest BCUT2D eigenvalue weighted by atomic mass is 10.2. The Kier molecular flexibility index (Phi) is 2.46. The Bertz CT molecular complexity index is 446. The third-order valence-corrected chi connectivity index (χ3v) is 2.89. The summed E-state index contributed by atoms with van der Waals surface area (Å²) in [4.78, 5) is 12.6. The molecule has 1 aliphatic rings. The molecule has 0 aromatic heterocycles. The molecule has 2 rings (SSSR count). The van der Waals surface area contributed by atoms with E-state index in [9.17, 15) is 4.79 Å². The number of benzene rings is 1. The second kappa shape index (κ2) is 3.56. The van der Waals surface area contributed by atoms with Crippen LogP contribution in [0, 0.1) is 0 Å². The minimum absolute atomic E-state index is 0.0331. The molecule has 0 fully saturated rings. The minimum Gasteiger partial charge on any atom is -0.480 e. The van der Waals surface area contributed by atoms with Gasteiger partial charge in [-0.1, -0.05) is 11.6 Å². The highest BCUT2D eigenvalue weighted by Gasteiger charge is 2.36. The largest absolute Gasteiger partial charge is 0.480 e. The zero-order valence-corrected chi connectivity index (χ0v) is 9.88. The van der Waals surface area contributed by atoms with E-state index in [1.165, 1.54) is 0 Å². The molecule has 4 nitrogen and oxygen atoms in total. The quantitative estimate of drug-likeness (QED) is 0.834. The summed E-state index contributed by atoms with van der Waals surface area (Å²) in [6.07, 6.45) is 0. The smallest absolute Gasteiger partial charge is 0.323 e. The maximum atomic E-state index is 10.8. The van der Waals surface area contributed by atoms with Crippen LogP contribution in [0.5, 0.6) is 0 Å². The van der Waals surface area contributed by atoms with Crippen molar-refractivity contribution >= 4 is 28.9 Å². The lowest BCUT2D eigenvalue weighted by Gasteiger charge is -2.32. The first-order chi connectivity index (χ1) is 7.40. The number of halogens is 1. The number of hydrogen-bond donors (Lipinski definition) is 2. The average molecular weight is 241 g/mol. The Morgan fingerprint density at radius 1 is 1.56 bits per heavy atom. The first kappa shape index (κ1) is 11.1. The Morgan fingerprint density at radius 3 is 2.88 bits per heavy atom. The highest BCUT2D eigenvalue weighted by Crippen LogP contribution is 2.40. The Labute approximate surface area is 98.8 Å². The van der Waals surface area contributed by atoms with Gasteiger partial charge in [0.1, 0.15) is 12.2 Å². The van der Waals surface area contributed by atoms with Gasteiger partial charge < -0.3 is 15.3 Å². The van der Waals surface area contributed by atoms with Gasteiger partial charge in [0.2, 0.25) is 0 Å². The van der Waals surface area contributed by atoms with Crippen molar-refractivity contribution in [3.63, 3.8) is 0 Å². The Hall–Kier alpha value is -1.42. The zero-order chi connectivity index (χ0) is 11.9. The lowest BCUT2D eigenvalue weighted by Crippen LogP contribution is -2.47. The molecule has 5 heteroatoms. The molecule has 1 aliphatic heterocycles. The molecule has 1 heterocycles. The number of fused-ring (bicyclic) bond motifs is 1. The monoisotopic (exact) mass is 240 g/mol. The molecule has 0 saturated heterocycles. The number of aliphatic carboxylic acids is 1. The van der Waals surface area contributed by atoms with E-state index in [0.29, 0.717) is 5.02 Å². The fraction of sp³-hybridized carbons (Fsp3) is 0.364. The molecule has 0 atom stereocenters. The van der Waals surface area contributed by atoms with Gasteiger partial charge in [0.15, 0.2) is 0 Å². The number of nitrogens with one attached hydrogen (secondary N) is 1. The van der Waals surface area contributed by atoms with E-state index in [-0.39, 0.29) is 6.54 Å². The van der Waals surface area contributed by atoms with E-state index < -0.39 is 11.6 Å². The number of anilines is 2. The molecular weight excluding hydrogens is 228 g/mol. The van der Waals surface area contributed by atoms with Crippen LogP contribution in [0.2, 0.25) is 5.02 Å². The van der Waals surface area contributed by atoms with Gasteiger partial charge in [0, 0.05) is 5.02 Å². The highest BCUT2D eigenvalue weighted by molar-refractivity contribution is 6.31. The van der Waals surface area contributed by atoms with E-state index >= 15 is 0 Å². The van der Waals surface area contributed by atoms with E-state index in [1.807, 2.05) is 19.9 Å². The molecular formula is C11H13ClN2O2. The molecule has 0 spiro atoms. The molecule has 0 radical (unpaired) electrons. The van der Waals surface area contributed by atoms with Crippen molar-refractivity contribution in [1.29, 1.82) is 0 Å². The van der Waals surface area contributed by atoms with Crippen molar-refractivity contribution in [2.24, 2.45) is 0 Å². The maximum absolute atomic E-state index is 10.8. The standard InChI is InChI=1S/C11H13ClN2O2/c1-11(2)13-8-5-7(12)3-4-9(8)14(11)6-10(15)16/h3-5,13H,6H2,1-2H3,(H,15,16). The number of rotatable bonds is 2. The fourth-order valence-corrected chi connectivity index (χ4v) is 2.13. The van der Waals surface area contributed by atoms with Gasteiger partial charge in [-0.15, -0.1) is 0 Å². The first-order valence-electron chi connectivity index (χ1n) is 4.97. The average Bonchev–Trinajstić information content (AvgIpc) is 2.36. The summed E-state index contributed by atoms with van der Waals surface area (Å²) < 4.78 is 0. The molecule has 0 bridgehead atoms. The third-order valence-electron chi connectivity index (χ3n) is 2.66. The molecule has 0 amide bonds. The van der Waals surface area contributed by atoms with Crippen molar-refractivity contribution in [3.8, 4) is 0 Å². The van der Waals surface area contributed by atoms with Crippen LogP contribution in [0.3, 0.4) is 0 Å². The maximum Gasteiger partial charge on any atom is 0.323 e. The summed E-state index contributed by atoms with van der Waals surface area (Å²) >= 11 is 5.90. The summed E-state index contributed by atoms with van der Waals surface area (Å²) in [5.74, 6) is -0.849. The Morgan fingerprint density at radius 2 is 2.25 bits per heavy atom. The number of carboxylic acid groups (broad SMARTS) is 1. The van der Waals surface area contributed by atoms with Crippen LogP contribution >= 0.6 is 11.6 Å². The predicted octanol–water partition coefficient (Wildman–Crippen LogP) is 2.39. The van der Waals surface area contributed by atoms with Gasteiger partial charge in [0.25, 0.3) is 0 Å². The van der Waals surface area contributed by atoms with Gasteiger partial charge in [-0.25, -0.2) is 0 Å². The van der Waals surface area contributed by atoms with Crippen LogP contribution in [0.1, 0.15) is 13.8 Å². The fourth-order valence-electron chi connectivity index (χ4n) is 1.96. The van der Waals surface area contributed by atoms with Crippen LogP contribution in [-0.4, -0.2) is 23.3 Å². The molecule has 1 aromatic carbocycles. The summed E-state index contributed by atoms with van der Waals surface area (Å²) in [6.45, 7) is 3.84. The number of hydrogen-bond acceptors (Lipinski definition) is 3. The topological polar surface area (TPSA) is 52.6 Å². The van der Waals surface area contributed by atoms with Gasteiger partial charge in [-0.2, -0.15) is 0 Å². The predicted molar refractivity (Wildman–Crippen MR) is 64.1 cm³/mol. The van der Waals surface area contributed by atoms with Gasteiger partial charge in [-0.05, 0) is 32.0 Å². The second-order valence-corrected chi connectivity index (χ2v) is 4.76. The van der Waals surface area contributed by atoms with Crippen molar-refractivity contribution in [1.82, 2.24) is 0 Å². The minimum atomic E-state index is -0.849. The van der Waals surface area contributed by atoms with Crippen LogP contribution < -0.4 is 10.2 Å². The summed E-state index contributed by atoms with van der Waals surface area (Å²) in [5, 5.41) is 12.8. The van der Waals surface area contributed by atoms with E-state index in [2.05, 4.69) is 5.32 Å². The molecule has 2 N–H and O–H groups in total. The van der Waals surface area contributed by atoms with Crippen molar-refractivity contribution < 1.29 is 9.90 Å². The lowest BCUT2D eigenvalue weighted by molar-refractivity contribution is -0.135. The summed E-state index contributed by atoms with van der Waals surface area (Å²) in [7, 11) is 0. The summed E-state index contributed by atoms with van der Waals surface area (Å²) in [6, 6.07) is 5.40. The van der Waals surface area contributed by atoms with E-state index in [1.54, 1.807) is 17.0 Å². The third kappa shape index (κ3) is 1.80. The molecule has 86 valence electrons. The molecule has 0 unspecified atom stereocenters. The molecule has 16 heavy (non-hydrogen) atoms. The van der Waals surface area contributed by atoms with Crippen LogP contribution in [-0.2, 0) is 4.79 Å². The molecule has 1 aromatic rings. The summed E-state index contributed by atoms with van der Waals surface area (Å²) in [5.41, 5.74) is 1.33. The second-order valence-electron chi connectivity index (χ2n) is 4.33. The number of nitrogens with zero attached hydrogens (tertiary/aromatic N) is 1. The van der Waals surface area contributed by atoms with Crippen LogP contribution in [0.4, 0.5) is 11.4 Å².